The molecule has 4 rings (SSSR count). The van der Waals surface area contributed by atoms with Crippen molar-refractivity contribution < 1.29 is 12.8 Å². The molecular formula is C22H23ClN2O3S. The van der Waals surface area contributed by atoms with Gasteiger partial charge in [0.15, 0.2) is 0 Å². The third-order valence-electron chi connectivity index (χ3n) is 5.18. The van der Waals surface area contributed by atoms with Gasteiger partial charge in [0.2, 0.25) is 26.6 Å². The molecule has 0 aliphatic heterocycles. The van der Waals surface area contributed by atoms with Crippen molar-refractivity contribution in [2.75, 3.05) is 5.32 Å². The number of aromatic nitrogens is 1. The molecule has 1 fully saturated rings. The Morgan fingerprint density at radius 2 is 1.79 bits per heavy atom. The molecule has 1 saturated carbocycles. The van der Waals surface area contributed by atoms with Crippen molar-refractivity contribution in [3.63, 3.8) is 0 Å². The molecule has 0 bridgehead atoms. The summed E-state index contributed by atoms with van der Waals surface area (Å²) >= 11 is 5.93. The van der Waals surface area contributed by atoms with Gasteiger partial charge in [-0.05, 0) is 56.2 Å². The molecule has 152 valence electrons. The first kappa shape index (κ1) is 20.0. The van der Waals surface area contributed by atoms with Gasteiger partial charge >= 0.3 is 0 Å². The molecule has 0 unspecified atom stereocenters. The minimum Gasteiger partial charge on any atom is -0.419 e. The summed E-state index contributed by atoms with van der Waals surface area (Å²) in [6, 6.07) is 13.9. The average molecular weight is 431 g/mol. The number of halogens is 1. The van der Waals surface area contributed by atoms with Crippen LogP contribution in [0.1, 0.15) is 37.7 Å². The first-order valence-corrected chi connectivity index (χ1v) is 11.6. The molecule has 7 heteroatoms. The molecule has 3 aromatic rings. The highest BCUT2D eigenvalue weighted by Crippen LogP contribution is 2.34. The first-order chi connectivity index (χ1) is 13.9. The Hall–Kier alpha value is -2.31. The van der Waals surface area contributed by atoms with E-state index in [0.717, 1.165) is 36.8 Å². The summed E-state index contributed by atoms with van der Waals surface area (Å²) in [4.78, 5) is 4.54. The van der Waals surface area contributed by atoms with E-state index >= 15 is 0 Å². The number of hydrogen-bond donors (Lipinski definition) is 1. The minimum absolute atomic E-state index is 0.0816. The number of anilines is 1. The van der Waals surface area contributed by atoms with Gasteiger partial charge in [0.25, 0.3) is 0 Å². The Morgan fingerprint density at radius 1 is 1.07 bits per heavy atom. The van der Waals surface area contributed by atoms with Gasteiger partial charge < -0.3 is 9.73 Å². The van der Waals surface area contributed by atoms with E-state index in [0.29, 0.717) is 10.9 Å². The highest BCUT2D eigenvalue weighted by Gasteiger charge is 2.30. The second-order valence-electron chi connectivity index (χ2n) is 7.46. The predicted octanol–water partition coefficient (Wildman–Crippen LogP) is 5.88. The number of nitrogens with zero attached hydrogens (tertiary/aromatic N) is 1. The summed E-state index contributed by atoms with van der Waals surface area (Å²) in [5.74, 6) is 0.503. The van der Waals surface area contributed by atoms with Crippen molar-refractivity contribution in [1.82, 2.24) is 4.98 Å². The highest BCUT2D eigenvalue weighted by atomic mass is 35.5. The van der Waals surface area contributed by atoms with E-state index in [1.807, 2.05) is 31.2 Å². The maximum Gasteiger partial charge on any atom is 0.234 e. The van der Waals surface area contributed by atoms with Gasteiger partial charge in [-0.3, -0.25) is 0 Å². The van der Waals surface area contributed by atoms with E-state index in [9.17, 15) is 8.42 Å². The number of oxazole rings is 1. The summed E-state index contributed by atoms with van der Waals surface area (Å²) in [6.45, 7) is 1.97. The fourth-order valence-electron chi connectivity index (χ4n) is 3.64. The zero-order valence-electron chi connectivity index (χ0n) is 16.2. The van der Waals surface area contributed by atoms with Crippen LogP contribution >= 0.6 is 11.6 Å². The van der Waals surface area contributed by atoms with Crippen LogP contribution in [0.5, 0.6) is 0 Å². The van der Waals surface area contributed by atoms with Crippen LogP contribution in [0.2, 0.25) is 5.02 Å². The standard InChI is InChI=1S/C22H23ClN2O3S/c1-15-6-5-7-16(14-15)20-25-22(21(28-20)24-18-8-3-2-4-9-18)29(26,27)19-12-10-17(23)11-13-19/h5-7,10-14,18,24H,2-4,8-9H2,1H3. The molecule has 1 aromatic heterocycles. The smallest absolute Gasteiger partial charge is 0.234 e. The number of sulfone groups is 1. The van der Waals surface area contributed by atoms with Crippen molar-refractivity contribution in [2.24, 2.45) is 0 Å². The molecule has 0 radical (unpaired) electrons. The molecule has 2 aromatic carbocycles. The van der Waals surface area contributed by atoms with Crippen molar-refractivity contribution in [1.29, 1.82) is 0 Å². The minimum atomic E-state index is -3.86. The molecule has 1 N–H and O–H groups in total. The monoisotopic (exact) mass is 430 g/mol. The van der Waals surface area contributed by atoms with Crippen molar-refractivity contribution in [3.8, 4) is 11.5 Å². The molecule has 1 aliphatic carbocycles. The topological polar surface area (TPSA) is 72.2 Å². The van der Waals surface area contributed by atoms with Crippen molar-refractivity contribution >= 4 is 27.3 Å². The van der Waals surface area contributed by atoms with Gasteiger partial charge in [-0.25, -0.2) is 8.42 Å². The number of nitrogens with one attached hydrogen (secondary N) is 1. The third-order valence-corrected chi connectivity index (χ3v) is 7.11. The quantitative estimate of drug-likeness (QED) is 0.547. The van der Waals surface area contributed by atoms with Crippen LogP contribution in [0.4, 0.5) is 5.88 Å². The summed E-state index contributed by atoms with van der Waals surface area (Å²) in [5.41, 5.74) is 1.79. The maximum absolute atomic E-state index is 13.3. The average Bonchev–Trinajstić information content (AvgIpc) is 3.14. The fourth-order valence-corrected chi connectivity index (χ4v) is 5.03. The Bertz CT molecular complexity index is 1100. The van der Waals surface area contributed by atoms with E-state index in [2.05, 4.69) is 10.3 Å². The Labute approximate surface area is 176 Å². The number of aryl methyl sites for hydroxylation is 1. The normalized spacial score (nSPS) is 15.4. The number of hydrogen-bond acceptors (Lipinski definition) is 5. The zero-order valence-corrected chi connectivity index (χ0v) is 17.8. The van der Waals surface area contributed by atoms with Crippen LogP contribution in [0.15, 0.2) is 62.9 Å². The second kappa shape index (κ2) is 8.20. The van der Waals surface area contributed by atoms with Crippen LogP contribution in [-0.4, -0.2) is 19.4 Å². The van der Waals surface area contributed by atoms with E-state index in [4.69, 9.17) is 16.0 Å². The van der Waals surface area contributed by atoms with Gasteiger partial charge in [0.05, 0.1) is 4.90 Å². The molecule has 0 spiro atoms. The Morgan fingerprint density at radius 3 is 2.48 bits per heavy atom. The van der Waals surface area contributed by atoms with Crippen LogP contribution in [0, 0.1) is 6.92 Å². The lowest BCUT2D eigenvalue weighted by Crippen LogP contribution is -2.23. The first-order valence-electron chi connectivity index (χ1n) is 9.78. The van der Waals surface area contributed by atoms with Gasteiger partial charge in [-0.1, -0.05) is 48.6 Å². The Balaban J connectivity index is 1.78. The van der Waals surface area contributed by atoms with E-state index in [-0.39, 0.29) is 21.8 Å². The van der Waals surface area contributed by atoms with Gasteiger partial charge in [-0.2, -0.15) is 4.98 Å². The zero-order chi connectivity index (χ0) is 20.4. The highest BCUT2D eigenvalue weighted by molar-refractivity contribution is 7.91. The Kier molecular flexibility index (Phi) is 5.65. The molecule has 5 nitrogen and oxygen atoms in total. The van der Waals surface area contributed by atoms with Crippen LogP contribution in [0.25, 0.3) is 11.5 Å². The maximum atomic E-state index is 13.3. The number of benzene rings is 2. The van der Waals surface area contributed by atoms with Crippen LogP contribution < -0.4 is 5.32 Å². The molecule has 1 heterocycles. The van der Waals surface area contributed by atoms with E-state index < -0.39 is 9.84 Å². The van der Waals surface area contributed by atoms with Gasteiger partial charge in [-0.15, -0.1) is 0 Å². The molecule has 0 atom stereocenters. The molecule has 0 saturated heterocycles. The lowest BCUT2D eigenvalue weighted by Gasteiger charge is -2.22. The third kappa shape index (κ3) is 4.33. The number of rotatable bonds is 5. The second-order valence-corrected chi connectivity index (χ2v) is 9.76. The largest absolute Gasteiger partial charge is 0.419 e. The van der Waals surface area contributed by atoms with E-state index in [1.54, 1.807) is 12.1 Å². The predicted molar refractivity (Wildman–Crippen MR) is 114 cm³/mol. The SMILES string of the molecule is Cc1cccc(-c2nc(S(=O)(=O)c3ccc(Cl)cc3)c(NC3CCCCC3)o2)c1. The fraction of sp³-hybridized carbons (Fsp3) is 0.318. The summed E-state index contributed by atoms with van der Waals surface area (Å²) < 4.78 is 32.6. The molecule has 0 amide bonds. The van der Waals surface area contributed by atoms with Crippen LogP contribution in [-0.2, 0) is 9.84 Å². The lowest BCUT2D eigenvalue weighted by molar-refractivity contribution is 0.450. The van der Waals surface area contributed by atoms with Crippen LogP contribution in [0.3, 0.4) is 0 Å². The van der Waals surface area contributed by atoms with Gasteiger partial charge in [0, 0.05) is 16.6 Å². The summed E-state index contributed by atoms with van der Waals surface area (Å²) in [6.07, 6.45) is 5.42. The summed E-state index contributed by atoms with van der Waals surface area (Å²) in [7, 11) is -3.86. The van der Waals surface area contributed by atoms with Crippen molar-refractivity contribution in [3.05, 3.63) is 59.1 Å². The van der Waals surface area contributed by atoms with Crippen molar-refractivity contribution in [2.45, 2.75) is 55.0 Å². The lowest BCUT2D eigenvalue weighted by atomic mass is 9.96. The van der Waals surface area contributed by atoms with E-state index in [1.165, 1.54) is 18.6 Å². The molecule has 29 heavy (non-hydrogen) atoms. The molecular weight excluding hydrogens is 408 g/mol. The van der Waals surface area contributed by atoms with Gasteiger partial charge in [0.1, 0.15) is 0 Å². The molecule has 1 aliphatic rings. The summed E-state index contributed by atoms with van der Waals surface area (Å²) in [5, 5.41) is 3.70.